The number of aromatic nitrogens is 1. The first kappa shape index (κ1) is 15.1. The van der Waals surface area contributed by atoms with Gasteiger partial charge < -0.3 is 5.32 Å². The average Bonchev–Trinajstić information content (AvgIpc) is 2.32. The van der Waals surface area contributed by atoms with Gasteiger partial charge in [-0.15, -0.1) is 0 Å². The molecule has 0 aliphatic heterocycles. The molecule has 5 nitrogen and oxygen atoms in total. The number of nitrogens with one attached hydrogen (secondary N) is 2. The van der Waals surface area contributed by atoms with Crippen molar-refractivity contribution in [2.24, 2.45) is 0 Å². The van der Waals surface area contributed by atoms with Crippen molar-refractivity contribution in [1.82, 2.24) is 10.3 Å². The van der Waals surface area contributed by atoms with E-state index in [1.165, 1.54) is 0 Å². The third kappa shape index (κ3) is 5.59. The molecule has 0 bridgehead atoms. The number of pyridine rings is 1. The highest BCUT2D eigenvalue weighted by molar-refractivity contribution is 9.10. The normalized spacial score (nSPS) is 13.7. The minimum absolute atomic E-state index is 0.0797. The van der Waals surface area contributed by atoms with E-state index in [1.807, 2.05) is 6.92 Å². The van der Waals surface area contributed by atoms with Crippen LogP contribution in [0.25, 0.3) is 0 Å². The van der Waals surface area contributed by atoms with E-state index in [4.69, 9.17) is 0 Å². The zero-order chi connectivity index (χ0) is 13.5. The molecule has 0 aliphatic carbocycles. The molecular weight excluding hydrogens is 318 g/mol. The lowest BCUT2D eigenvalue weighted by Crippen LogP contribution is -2.31. The van der Waals surface area contributed by atoms with Gasteiger partial charge in [0.05, 0.1) is 0 Å². The SMILES string of the molecule is C[C@@H](CCNC(=O)Nc1ccc(Br)cn1)[S@](C)=O. The molecule has 2 amide bonds. The third-order valence-corrected chi connectivity index (χ3v) is 4.21. The van der Waals surface area contributed by atoms with Crippen LogP contribution in [0.4, 0.5) is 10.6 Å². The maximum absolute atomic E-state index is 11.5. The summed E-state index contributed by atoms with van der Waals surface area (Å²) in [5.41, 5.74) is 0. The Morgan fingerprint density at radius 2 is 2.28 bits per heavy atom. The van der Waals surface area contributed by atoms with Crippen molar-refractivity contribution in [1.29, 1.82) is 0 Å². The molecule has 1 heterocycles. The van der Waals surface area contributed by atoms with Gasteiger partial charge in [0.2, 0.25) is 0 Å². The Kier molecular flexibility index (Phi) is 6.28. The standard InChI is InChI=1S/C11H16BrN3O2S/c1-8(18(2)17)5-6-13-11(16)15-10-4-3-9(12)7-14-10/h3-4,7-8H,5-6H2,1-2H3,(H2,13,14,15,16)/t8-,18-/m0/s1. The summed E-state index contributed by atoms with van der Waals surface area (Å²) in [5.74, 6) is 0.489. The summed E-state index contributed by atoms with van der Waals surface area (Å²) in [6.07, 6.45) is 3.96. The monoisotopic (exact) mass is 333 g/mol. The molecule has 0 fully saturated rings. The number of hydrogen-bond donors (Lipinski definition) is 2. The Bertz CT molecular complexity index is 425. The second-order valence-electron chi connectivity index (χ2n) is 3.84. The Hall–Kier alpha value is -0.950. The van der Waals surface area contributed by atoms with Crippen molar-refractivity contribution < 1.29 is 9.00 Å². The van der Waals surface area contributed by atoms with Crippen molar-refractivity contribution >= 4 is 38.6 Å². The van der Waals surface area contributed by atoms with Gasteiger partial charge in [-0.2, -0.15) is 0 Å². The Labute approximate surface area is 117 Å². The van der Waals surface area contributed by atoms with Crippen LogP contribution in [0.2, 0.25) is 0 Å². The lowest BCUT2D eigenvalue weighted by Gasteiger charge is -2.10. The van der Waals surface area contributed by atoms with E-state index < -0.39 is 10.8 Å². The van der Waals surface area contributed by atoms with Crippen LogP contribution >= 0.6 is 15.9 Å². The lowest BCUT2D eigenvalue weighted by molar-refractivity contribution is 0.252. The zero-order valence-electron chi connectivity index (χ0n) is 10.3. The Balaban J connectivity index is 2.30. The second kappa shape index (κ2) is 7.48. The first-order valence-electron chi connectivity index (χ1n) is 5.47. The van der Waals surface area contributed by atoms with Crippen LogP contribution in [0, 0.1) is 0 Å². The van der Waals surface area contributed by atoms with Gasteiger partial charge in [0.1, 0.15) is 5.82 Å². The summed E-state index contributed by atoms with van der Waals surface area (Å²) >= 11 is 3.26. The van der Waals surface area contributed by atoms with E-state index in [-0.39, 0.29) is 11.3 Å². The summed E-state index contributed by atoms with van der Waals surface area (Å²) < 4.78 is 12.0. The molecule has 0 spiro atoms. The van der Waals surface area contributed by atoms with E-state index in [0.717, 1.165) is 4.47 Å². The number of nitrogens with zero attached hydrogens (tertiary/aromatic N) is 1. The highest BCUT2D eigenvalue weighted by atomic mass is 79.9. The molecule has 0 unspecified atom stereocenters. The van der Waals surface area contributed by atoms with Gasteiger partial charge in [0, 0.05) is 39.5 Å². The molecule has 2 N–H and O–H groups in total. The van der Waals surface area contributed by atoms with Crippen molar-refractivity contribution in [3.05, 3.63) is 22.8 Å². The molecule has 7 heteroatoms. The predicted octanol–water partition coefficient (Wildman–Crippen LogP) is 2.12. The fourth-order valence-electron chi connectivity index (χ4n) is 1.17. The second-order valence-corrected chi connectivity index (χ2v) is 6.56. The number of anilines is 1. The average molecular weight is 334 g/mol. The summed E-state index contributed by atoms with van der Waals surface area (Å²) in [7, 11) is -0.855. The van der Waals surface area contributed by atoms with Gasteiger partial charge in [0.15, 0.2) is 0 Å². The van der Waals surface area contributed by atoms with Crippen molar-refractivity contribution in [2.45, 2.75) is 18.6 Å². The number of halogens is 1. The van der Waals surface area contributed by atoms with Gasteiger partial charge >= 0.3 is 6.03 Å². The minimum atomic E-state index is -0.855. The summed E-state index contributed by atoms with van der Waals surface area (Å²) in [6, 6.07) is 3.19. The number of carbonyl (C=O) groups excluding carboxylic acids is 1. The first-order chi connectivity index (χ1) is 8.49. The van der Waals surface area contributed by atoms with Crippen molar-refractivity contribution in [3.8, 4) is 0 Å². The molecule has 2 atom stereocenters. The van der Waals surface area contributed by atoms with Gasteiger partial charge in [-0.1, -0.05) is 6.92 Å². The van der Waals surface area contributed by atoms with E-state index in [1.54, 1.807) is 24.6 Å². The molecule has 1 rings (SSSR count). The number of rotatable bonds is 5. The van der Waals surface area contributed by atoms with Gasteiger partial charge in [-0.25, -0.2) is 9.78 Å². The van der Waals surface area contributed by atoms with Crippen molar-refractivity contribution in [2.75, 3.05) is 18.1 Å². The molecule has 1 aromatic heterocycles. The minimum Gasteiger partial charge on any atom is -0.338 e. The fourth-order valence-corrected chi connectivity index (χ4v) is 1.85. The van der Waals surface area contributed by atoms with Crippen LogP contribution in [-0.4, -0.2) is 33.3 Å². The molecule has 0 saturated heterocycles. The van der Waals surface area contributed by atoms with Crippen LogP contribution in [-0.2, 0) is 10.8 Å². The van der Waals surface area contributed by atoms with Gasteiger partial charge in [0.25, 0.3) is 0 Å². The maximum atomic E-state index is 11.5. The largest absolute Gasteiger partial charge is 0.338 e. The van der Waals surface area contributed by atoms with Crippen LogP contribution < -0.4 is 10.6 Å². The topological polar surface area (TPSA) is 71.1 Å². The third-order valence-electron chi connectivity index (χ3n) is 2.37. The van der Waals surface area contributed by atoms with E-state index >= 15 is 0 Å². The Morgan fingerprint density at radius 3 is 2.83 bits per heavy atom. The number of carbonyl (C=O) groups is 1. The molecular formula is C11H16BrN3O2S. The van der Waals surface area contributed by atoms with Crippen molar-refractivity contribution in [3.63, 3.8) is 0 Å². The number of hydrogen-bond acceptors (Lipinski definition) is 3. The molecule has 0 radical (unpaired) electrons. The molecule has 0 aromatic carbocycles. The van der Waals surface area contributed by atoms with E-state index in [2.05, 4.69) is 31.5 Å². The smallest absolute Gasteiger partial charge is 0.320 e. The number of amides is 2. The molecule has 1 aromatic rings. The van der Waals surface area contributed by atoms with Crippen LogP contribution in [0.5, 0.6) is 0 Å². The summed E-state index contributed by atoms with van der Waals surface area (Å²) in [5, 5.41) is 5.39. The fraction of sp³-hybridized carbons (Fsp3) is 0.455. The van der Waals surface area contributed by atoms with Crippen LogP contribution in [0.15, 0.2) is 22.8 Å². The predicted molar refractivity (Wildman–Crippen MR) is 77.1 cm³/mol. The zero-order valence-corrected chi connectivity index (χ0v) is 12.7. The quantitative estimate of drug-likeness (QED) is 0.866. The lowest BCUT2D eigenvalue weighted by atomic mass is 10.3. The highest BCUT2D eigenvalue weighted by Crippen LogP contribution is 2.10. The summed E-state index contributed by atoms with van der Waals surface area (Å²) in [4.78, 5) is 15.5. The molecule has 0 aliphatic rings. The van der Waals surface area contributed by atoms with Crippen LogP contribution in [0.3, 0.4) is 0 Å². The Morgan fingerprint density at radius 1 is 1.56 bits per heavy atom. The highest BCUT2D eigenvalue weighted by Gasteiger charge is 2.07. The van der Waals surface area contributed by atoms with E-state index in [0.29, 0.717) is 18.8 Å². The summed E-state index contributed by atoms with van der Waals surface area (Å²) in [6.45, 7) is 2.38. The van der Waals surface area contributed by atoms with Gasteiger partial charge in [-0.05, 0) is 34.5 Å². The maximum Gasteiger partial charge on any atom is 0.320 e. The molecule has 18 heavy (non-hydrogen) atoms. The first-order valence-corrected chi connectivity index (χ1v) is 7.89. The van der Waals surface area contributed by atoms with Crippen LogP contribution in [0.1, 0.15) is 13.3 Å². The molecule has 0 saturated carbocycles. The van der Waals surface area contributed by atoms with E-state index in [9.17, 15) is 9.00 Å². The molecule has 100 valence electrons. The number of urea groups is 1. The van der Waals surface area contributed by atoms with Gasteiger partial charge in [-0.3, -0.25) is 9.53 Å².